The van der Waals surface area contributed by atoms with Gasteiger partial charge in [0, 0.05) is 31.4 Å². The monoisotopic (exact) mass is 590 g/mol. The normalized spacial score (nSPS) is 50.5. The van der Waals surface area contributed by atoms with Crippen LogP contribution < -0.4 is 5.63 Å². The van der Waals surface area contributed by atoms with Gasteiger partial charge in [0.05, 0.1) is 41.0 Å². The van der Waals surface area contributed by atoms with Crippen LogP contribution in [0.3, 0.4) is 0 Å². The Labute approximate surface area is 244 Å². The van der Waals surface area contributed by atoms with Gasteiger partial charge in [-0.05, 0) is 68.9 Å². The number of fused-ring (bicyclic) bond motifs is 5. The molecule has 5 aliphatic rings. The third-order valence-corrected chi connectivity index (χ3v) is 12.0. The van der Waals surface area contributed by atoms with Gasteiger partial charge in [0.1, 0.15) is 30.4 Å². The molecule has 0 spiro atoms. The molecule has 1 aliphatic heterocycles. The van der Waals surface area contributed by atoms with E-state index in [9.17, 15) is 34.8 Å². The number of aliphatic hydroxyl groups is 4. The maximum absolute atomic E-state index is 13.5. The molecule has 2 heterocycles. The summed E-state index contributed by atoms with van der Waals surface area (Å²) >= 11 is 0. The Morgan fingerprint density at radius 2 is 1.76 bits per heavy atom. The summed E-state index contributed by atoms with van der Waals surface area (Å²) < 4.78 is 22.3. The van der Waals surface area contributed by atoms with Crippen LogP contribution in [0.1, 0.15) is 76.7 Å². The quantitative estimate of drug-likeness (QED) is 0.287. The fraction of sp³-hybridized carbons (Fsp3) is 0.774. The molecule has 1 aromatic rings. The Morgan fingerprint density at radius 3 is 2.43 bits per heavy atom. The van der Waals surface area contributed by atoms with Gasteiger partial charge in [0.25, 0.3) is 0 Å². The lowest BCUT2D eigenvalue weighted by Crippen LogP contribution is -2.69. The van der Waals surface area contributed by atoms with Gasteiger partial charge in [0.2, 0.25) is 0 Å². The van der Waals surface area contributed by atoms with Crippen molar-refractivity contribution in [2.45, 2.75) is 119 Å². The number of aldehydes is 1. The van der Waals surface area contributed by atoms with Gasteiger partial charge < -0.3 is 43.8 Å². The first-order chi connectivity index (χ1) is 19.8. The van der Waals surface area contributed by atoms with Crippen LogP contribution in [-0.2, 0) is 23.8 Å². The Morgan fingerprint density at radius 1 is 1.02 bits per heavy atom. The van der Waals surface area contributed by atoms with Crippen molar-refractivity contribution in [3.63, 3.8) is 0 Å². The summed E-state index contributed by atoms with van der Waals surface area (Å²) in [5.41, 5.74) is -4.68. The molecule has 0 amide bonds. The number of methoxy groups -OCH3 is 1. The molecule has 4 saturated carbocycles. The predicted molar refractivity (Wildman–Crippen MR) is 145 cm³/mol. The molecule has 232 valence electrons. The zero-order valence-corrected chi connectivity index (χ0v) is 24.3. The first-order valence-corrected chi connectivity index (χ1v) is 15.1. The first-order valence-electron chi connectivity index (χ1n) is 15.1. The summed E-state index contributed by atoms with van der Waals surface area (Å²) in [4.78, 5) is 38.1. The van der Waals surface area contributed by atoms with Gasteiger partial charge in [-0.3, -0.25) is 4.79 Å². The lowest BCUT2D eigenvalue weighted by Gasteiger charge is -2.65. The zero-order valence-electron chi connectivity index (χ0n) is 24.3. The van der Waals surface area contributed by atoms with E-state index in [1.165, 1.54) is 19.4 Å². The molecule has 11 heteroatoms. The van der Waals surface area contributed by atoms with Crippen molar-refractivity contribution in [2.75, 3.05) is 7.11 Å². The highest BCUT2D eigenvalue weighted by molar-refractivity contribution is 5.91. The summed E-state index contributed by atoms with van der Waals surface area (Å²) in [6, 6.07) is 2.88. The number of ether oxygens (including phenoxy) is 3. The van der Waals surface area contributed by atoms with E-state index < -0.39 is 70.4 Å². The van der Waals surface area contributed by atoms with Crippen molar-refractivity contribution in [2.24, 2.45) is 22.7 Å². The molecule has 5 fully saturated rings. The second-order valence-corrected chi connectivity index (χ2v) is 13.7. The second-order valence-electron chi connectivity index (χ2n) is 13.7. The topological polar surface area (TPSA) is 173 Å². The molecular weight excluding hydrogens is 548 g/mol. The van der Waals surface area contributed by atoms with Crippen LogP contribution in [0.5, 0.6) is 0 Å². The molecule has 1 aromatic heterocycles. The standard InChI is InChI=1S/C31H42O11/c1-16-24(35)26(39-3)25(36)27(41-16)42-18-6-10-29(15-32)19-7-9-28(2)23(17-4-5-22(34)40-14-17)21(33)13-31(28,38)20(19)8-11-30(29,37)12-18/h4-5,14-16,18-20,23-27,35-38H,6-13H2,1-3H3/t16-,18?,19-,20+,23-,24-,25-,26+,27+,28+,29-,30?,31-/m0/s1. The fourth-order valence-electron chi connectivity index (χ4n) is 9.73. The van der Waals surface area contributed by atoms with Crippen LogP contribution in [0.4, 0.5) is 0 Å². The summed E-state index contributed by atoms with van der Waals surface area (Å²) in [5.74, 6) is -1.47. The first kappa shape index (κ1) is 30.1. The highest BCUT2D eigenvalue weighted by Crippen LogP contribution is 2.70. The number of carbonyl (C=O) groups excluding carboxylic acids is 2. The van der Waals surface area contributed by atoms with Crippen molar-refractivity contribution in [3.05, 3.63) is 34.4 Å². The van der Waals surface area contributed by atoms with Crippen LogP contribution in [0, 0.1) is 22.7 Å². The molecule has 11 nitrogen and oxygen atoms in total. The number of Topliss-reactive ketones (excluding diaryl/α,β-unsaturated/α-hetero) is 1. The summed E-state index contributed by atoms with van der Waals surface area (Å²) in [6.07, 6.45) is -0.670. The van der Waals surface area contributed by atoms with E-state index in [1.54, 1.807) is 13.0 Å². The van der Waals surface area contributed by atoms with Crippen molar-refractivity contribution < 1.29 is 48.6 Å². The minimum absolute atomic E-state index is 0.0603. The van der Waals surface area contributed by atoms with Crippen molar-refractivity contribution in [1.29, 1.82) is 0 Å². The Balaban J connectivity index is 1.25. The molecule has 6 rings (SSSR count). The number of hydrogen-bond acceptors (Lipinski definition) is 11. The Kier molecular flexibility index (Phi) is 7.36. The second kappa shape index (κ2) is 10.3. The van der Waals surface area contributed by atoms with Crippen molar-refractivity contribution >= 4 is 12.1 Å². The van der Waals surface area contributed by atoms with E-state index in [2.05, 4.69) is 0 Å². The lowest BCUT2D eigenvalue weighted by atomic mass is 9.41. The van der Waals surface area contributed by atoms with E-state index in [-0.39, 0.29) is 36.9 Å². The van der Waals surface area contributed by atoms with Gasteiger partial charge in [-0.25, -0.2) is 4.79 Å². The summed E-state index contributed by atoms with van der Waals surface area (Å²) in [7, 11) is 1.40. The van der Waals surface area contributed by atoms with Gasteiger partial charge in [-0.15, -0.1) is 0 Å². The molecule has 0 radical (unpaired) electrons. The molecule has 0 aromatic carbocycles. The predicted octanol–water partition coefficient (Wildman–Crippen LogP) is 1.22. The minimum Gasteiger partial charge on any atom is -0.431 e. The third-order valence-electron chi connectivity index (χ3n) is 12.0. The molecule has 42 heavy (non-hydrogen) atoms. The summed E-state index contributed by atoms with van der Waals surface area (Å²) in [5, 5.41) is 45.6. The van der Waals surface area contributed by atoms with Gasteiger partial charge >= 0.3 is 5.63 Å². The molecule has 2 unspecified atom stereocenters. The summed E-state index contributed by atoms with van der Waals surface area (Å²) in [6.45, 7) is 3.59. The van der Waals surface area contributed by atoms with E-state index in [0.29, 0.717) is 37.7 Å². The average Bonchev–Trinajstić information content (AvgIpc) is 3.16. The van der Waals surface area contributed by atoms with E-state index in [1.807, 2.05) is 6.92 Å². The number of aliphatic hydroxyl groups excluding tert-OH is 2. The van der Waals surface area contributed by atoms with E-state index in [0.717, 1.165) is 6.29 Å². The third kappa shape index (κ3) is 4.08. The van der Waals surface area contributed by atoms with Crippen LogP contribution in [-0.4, -0.2) is 87.6 Å². The number of rotatable bonds is 5. The maximum atomic E-state index is 13.5. The van der Waals surface area contributed by atoms with Crippen molar-refractivity contribution in [1.82, 2.24) is 0 Å². The smallest absolute Gasteiger partial charge is 0.335 e. The van der Waals surface area contributed by atoms with Crippen LogP contribution in [0.2, 0.25) is 0 Å². The van der Waals surface area contributed by atoms with Gasteiger partial charge in [-0.1, -0.05) is 6.92 Å². The van der Waals surface area contributed by atoms with E-state index >= 15 is 0 Å². The lowest BCUT2D eigenvalue weighted by molar-refractivity contribution is -0.319. The minimum atomic E-state index is -1.40. The van der Waals surface area contributed by atoms with Crippen molar-refractivity contribution in [3.8, 4) is 0 Å². The molecule has 4 N–H and O–H groups in total. The van der Waals surface area contributed by atoms with Crippen LogP contribution in [0.15, 0.2) is 27.6 Å². The molecule has 13 atom stereocenters. The Hall–Kier alpha value is -1.99. The molecule has 0 bridgehead atoms. The van der Waals surface area contributed by atoms with Gasteiger partial charge in [0.15, 0.2) is 6.29 Å². The fourth-order valence-corrected chi connectivity index (χ4v) is 9.73. The highest BCUT2D eigenvalue weighted by Gasteiger charge is 2.73. The highest BCUT2D eigenvalue weighted by atomic mass is 16.7. The Bertz CT molecular complexity index is 1260. The van der Waals surface area contributed by atoms with Crippen LogP contribution in [0.25, 0.3) is 0 Å². The average molecular weight is 591 g/mol. The number of carbonyl (C=O) groups is 2. The number of hydrogen-bond donors (Lipinski definition) is 4. The zero-order chi connectivity index (χ0) is 30.2. The van der Waals surface area contributed by atoms with Crippen LogP contribution >= 0.6 is 0 Å². The molecular formula is C31H42O11. The largest absolute Gasteiger partial charge is 0.431 e. The molecule has 4 aliphatic carbocycles. The number of ketones is 1. The SMILES string of the molecule is CO[C@H]1[C@H](O)[C@@H](OC2CC[C@]3(C=O)[C@H]4CC[C@]5(C)[C@@H](c6ccc(=O)oc6)C(=O)C[C@]5(O)[C@@H]4CCC3(O)C2)O[C@@H](C)[C@@H]1O. The maximum Gasteiger partial charge on any atom is 0.335 e. The van der Waals surface area contributed by atoms with Gasteiger partial charge in [-0.2, -0.15) is 0 Å². The van der Waals surface area contributed by atoms with E-state index in [4.69, 9.17) is 18.6 Å². The molecule has 1 saturated heterocycles.